The van der Waals surface area contributed by atoms with Crippen LogP contribution in [0.1, 0.15) is 43.1 Å². The van der Waals surface area contributed by atoms with E-state index >= 15 is 0 Å². The maximum Gasteiger partial charge on any atom is 0.274 e. The van der Waals surface area contributed by atoms with E-state index in [0.29, 0.717) is 36.2 Å². The molecule has 0 unspecified atom stereocenters. The molecule has 0 aliphatic rings. The van der Waals surface area contributed by atoms with Gasteiger partial charge in [0.1, 0.15) is 0 Å². The zero-order valence-electron chi connectivity index (χ0n) is 14.4. The standard InChI is InChI=1S/C18H25N3O3/c1-3-4-7-12-21-18(23)15-10-6-5-9-14(15)16(20-21)17(22)19-11-8-13-24-2/h5-6,9-10H,3-4,7-8,11-13H2,1-2H3,(H,19,22). The molecule has 0 atom stereocenters. The van der Waals surface area contributed by atoms with Crippen LogP contribution in [0.15, 0.2) is 29.1 Å². The maximum absolute atomic E-state index is 12.5. The maximum atomic E-state index is 12.5. The highest BCUT2D eigenvalue weighted by Crippen LogP contribution is 2.13. The number of nitrogens with one attached hydrogen (secondary N) is 1. The summed E-state index contributed by atoms with van der Waals surface area (Å²) in [6, 6.07) is 7.13. The molecule has 0 aliphatic carbocycles. The lowest BCUT2D eigenvalue weighted by atomic mass is 10.1. The Morgan fingerprint density at radius 2 is 1.96 bits per heavy atom. The normalized spacial score (nSPS) is 10.9. The molecule has 0 aliphatic heterocycles. The molecule has 6 nitrogen and oxygen atoms in total. The molecule has 2 aromatic rings. The van der Waals surface area contributed by atoms with Crippen molar-refractivity contribution in [1.82, 2.24) is 15.1 Å². The monoisotopic (exact) mass is 331 g/mol. The molecule has 1 aromatic heterocycles. The van der Waals surface area contributed by atoms with E-state index in [2.05, 4.69) is 17.3 Å². The van der Waals surface area contributed by atoms with E-state index in [1.54, 1.807) is 25.3 Å². The number of methoxy groups -OCH3 is 1. The molecule has 0 spiro atoms. The summed E-state index contributed by atoms with van der Waals surface area (Å²) < 4.78 is 6.40. The van der Waals surface area contributed by atoms with Crippen LogP contribution in [0, 0.1) is 0 Å². The first-order chi connectivity index (χ1) is 11.7. The molecule has 0 fully saturated rings. The second-order valence-electron chi connectivity index (χ2n) is 5.73. The van der Waals surface area contributed by atoms with E-state index in [4.69, 9.17) is 4.74 Å². The van der Waals surface area contributed by atoms with E-state index in [9.17, 15) is 9.59 Å². The molecular weight excluding hydrogens is 306 g/mol. The Bertz CT molecular complexity index is 740. The summed E-state index contributed by atoms with van der Waals surface area (Å²) in [7, 11) is 1.63. The number of hydrogen-bond donors (Lipinski definition) is 1. The number of nitrogens with zero attached hydrogens (tertiary/aromatic N) is 2. The molecule has 1 amide bonds. The highest BCUT2D eigenvalue weighted by Gasteiger charge is 2.16. The summed E-state index contributed by atoms with van der Waals surface area (Å²) in [6.07, 6.45) is 3.70. The minimum atomic E-state index is -0.258. The molecule has 2 rings (SSSR count). The fourth-order valence-corrected chi connectivity index (χ4v) is 2.57. The molecule has 1 aromatic carbocycles. The van der Waals surface area contributed by atoms with Crippen LogP contribution in [0.5, 0.6) is 0 Å². The smallest absolute Gasteiger partial charge is 0.274 e. The van der Waals surface area contributed by atoms with Gasteiger partial charge in [-0.1, -0.05) is 38.0 Å². The lowest BCUT2D eigenvalue weighted by Crippen LogP contribution is -2.31. The molecule has 130 valence electrons. The van der Waals surface area contributed by atoms with E-state index in [1.807, 2.05) is 6.07 Å². The number of aryl methyl sites for hydroxylation is 1. The SMILES string of the molecule is CCCCCn1nc(C(=O)NCCCOC)c2ccccc2c1=O. The number of ether oxygens (including phenoxy) is 1. The lowest BCUT2D eigenvalue weighted by molar-refractivity contribution is 0.0943. The summed E-state index contributed by atoms with van der Waals surface area (Å²) >= 11 is 0. The number of unbranched alkanes of at least 4 members (excludes halogenated alkanes) is 2. The summed E-state index contributed by atoms with van der Waals surface area (Å²) in [5, 5.41) is 8.30. The van der Waals surface area contributed by atoms with Crippen LogP contribution in [0.4, 0.5) is 0 Å². The van der Waals surface area contributed by atoms with Gasteiger partial charge in [-0.3, -0.25) is 9.59 Å². The number of carbonyl (C=O) groups is 1. The third-order valence-electron chi connectivity index (χ3n) is 3.87. The third kappa shape index (κ3) is 4.41. The van der Waals surface area contributed by atoms with Gasteiger partial charge in [0.25, 0.3) is 11.5 Å². The van der Waals surface area contributed by atoms with Gasteiger partial charge >= 0.3 is 0 Å². The Hall–Kier alpha value is -2.21. The molecule has 0 saturated heterocycles. The Balaban J connectivity index is 2.31. The highest BCUT2D eigenvalue weighted by atomic mass is 16.5. The first-order valence-electron chi connectivity index (χ1n) is 8.46. The Kier molecular flexibility index (Phi) is 6.93. The fourth-order valence-electron chi connectivity index (χ4n) is 2.57. The van der Waals surface area contributed by atoms with Crippen LogP contribution in [0.3, 0.4) is 0 Å². The van der Waals surface area contributed by atoms with E-state index in [1.165, 1.54) is 4.68 Å². The quantitative estimate of drug-likeness (QED) is 0.716. The minimum absolute atomic E-state index is 0.141. The van der Waals surface area contributed by atoms with Crippen molar-refractivity contribution in [3.8, 4) is 0 Å². The second kappa shape index (κ2) is 9.17. The molecule has 1 heterocycles. The fraction of sp³-hybridized carbons (Fsp3) is 0.500. The Morgan fingerprint density at radius 3 is 2.67 bits per heavy atom. The number of amides is 1. The molecule has 1 N–H and O–H groups in total. The zero-order valence-corrected chi connectivity index (χ0v) is 14.4. The predicted octanol–water partition coefficient (Wildman–Crippen LogP) is 2.35. The Morgan fingerprint density at radius 1 is 1.21 bits per heavy atom. The summed E-state index contributed by atoms with van der Waals surface area (Å²) in [5.74, 6) is -0.258. The molecule has 0 radical (unpaired) electrons. The summed E-state index contributed by atoms with van der Waals surface area (Å²) in [4.78, 5) is 25.0. The Labute approximate surface area is 141 Å². The van der Waals surface area contributed by atoms with Gasteiger partial charge in [0.05, 0.1) is 5.39 Å². The van der Waals surface area contributed by atoms with Crippen molar-refractivity contribution < 1.29 is 9.53 Å². The van der Waals surface area contributed by atoms with Gasteiger partial charge in [-0.15, -0.1) is 0 Å². The molecule has 0 saturated carbocycles. The van der Waals surface area contributed by atoms with Crippen LogP contribution in [-0.4, -0.2) is 35.9 Å². The number of fused-ring (bicyclic) bond motifs is 1. The van der Waals surface area contributed by atoms with E-state index < -0.39 is 0 Å². The summed E-state index contributed by atoms with van der Waals surface area (Å²) in [6.45, 7) is 3.74. The molecule has 24 heavy (non-hydrogen) atoms. The van der Waals surface area contributed by atoms with E-state index in [0.717, 1.165) is 25.7 Å². The molecule has 0 bridgehead atoms. The minimum Gasteiger partial charge on any atom is -0.385 e. The van der Waals surface area contributed by atoms with Gasteiger partial charge < -0.3 is 10.1 Å². The number of carbonyl (C=O) groups excluding carboxylic acids is 1. The highest BCUT2D eigenvalue weighted by molar-refractivity contribution is 6.04. The van der Waals surface area contributed by atoms with E-state index in [-0.39, 0.29) is 11.5 Å². The van der Waals surface area contributed by atoms with Crippen LogP contribution < -0.4 is 10.9 Å². The zero-order chi connectivity index (χ0) is 17.4. The van der Waals surface area contributed by atoms with Crippen molar-refractivity contribution in [2.24, 2.45) is 0 Å². The average Bonchev–Trinajstić information content (AvgIpc) is 2.61. The van der Waals surface area contributed by atoms with Gasteiger partial charge in [0.15, 0.2) is 5.69 Å². The molecule has 6 heteroatoms. The van der Waals surface area contributed by atoms with Gasteiger partial charge in [-0.05, 0) is 18.9 Å². The summed E-state index contributed by atoms with van der Waals surface area (Å²) in [5.41, 5.74) is 0.164. The largest absolute Gasteiger partial charge is 0.385 e. The lowest BCUT2D eigenvalue weighted by Gasteiger charge is -2.11. The van der Waals surface area contributed by atoms with Crippen LogP contribution in [0.2, 0.25) is 0 Å². The van der Waals surface area contributed by atoms with Gasteiger partial charge in [0.2, 0.25) is 0 Å². The van der Waals surface area contributed by atoms with Crippen molar-refractivity contribution in [2.75, 3.05) is 20.3 Å². The van der Waals surface area contributed by atoms with Crippen LogP contribution >= 0.6 is 0 Å². The van der Waals surface area contributed by atoms with Crippen molar-refractivity contribution in [1.29, 1.82) is 0 Å². The van der Waals surface area contributed by atoms with Crippen molar-refractivity contribution >= 4 is 16.7 Å². The number of aromatic nitrogens is 2. The third-order valence-corrected chi connectivity index (χ3v) is 3.87. The number of benzene rings is 1. The second-order valence-corrected chi connectivity index (χ2v) is 5.73. The van der Waals surface area contributed by atoms with Gasteiger partial charge in [-0.25, -0.2) is 4.68 Å². The topological polar surface area (TPSA) is 73.2 Å². The average molecular weight is 331 g/mol. The van der Waals surface area contributed by atoms with Crippen LogP contribution in [-0.2, 0) is 11.3 Å². The van der Waals surface area contributed by atoms with Crippen molar-refractivity contribution in [2.45, 2.75) is 39.2 Å². The number of hydrogen-bond acceptors (Lipinski definition) is 4. The van der Waals surface area contributed by atoms with Crippen molar-refractivity contribution in [3.63, 3.8) is 0 Å². The van der Waals surface area contributed by atoms with Gasteiger partial charge in [-0.2, -0.15) is 5.10 Å². The van der Waals surface area contributed by atoms with Crippen molar-refractivity contribution in [3.05, 3.63) is 40.3 Å². The first-order valence-corrected chi connectivity index (χ1v) is 8.46. The predicted molar refractivity (Wildman–Crippen MR) is 94.4 cm³/mol. The molecular formula is C18H25N3O3. The van der Waals surface area contributed by atoms with Crippen LogP contribution in [0.25, 0.3) is 10.8 Å². The number of rotatable bonds is 9. The van der Waals surface area contributed by atoms with Gasteiger partial charge in [0, 0.05) is 32.2 Å². The first kappa shape index (κ1) is 18.1.